The van der Waals surface area contributed by atoms with Gasteiger partial charge < -0.3 is 0 Å². The Morgan fingerprint density at radius 1 is 1.38 bits per heavy atom. The van der Waals surface area contributed by atoms with Gasteiger partial charge in [-0.2, -0.15) is 5.10 Å². The summed E-state index contributed by atoms with van der Waals surface area (Å²) >= 11 is 1.57. The first-order chi connectivity index (χ1) is 12.5. The molecule has 3 aromatic heterocycles. The number of likely N-dealkylation sites (N-methyl/N-ethyl adjacent to an activating group) is 1. The van der Waals surface area contributed by atoms with Crippen molar-refractivity contribution in [2.75, 3.05) is 18.4 Å². The zero-order valence-electron chi connectivity index (χ0n) is 15.2. The summed E-state index contributed by atoms with van der Waals surface area (Å²) in [4.78, 5) is 25.3. The molecule has 1 amide bonds. The van der Waals surface area contributed by atoms with Crippen molar-refractivity contribution in [3.63, 3.8) is 0 Å². The maximum Gasteiger partial charge on any atom is 0.259 e. The number of nitrogens with zero attached hydrogens (tertiary/aromatic N) is 5. The molecule has 136 valence electrons. The summed E-state index contributed by atoms with van der Waals surface area (Å²) in [6, 6.07) is 2.06. The van der Waals surface area contributed by atoms with Gasteiger partial charge in [0, 0.05) is 42.0 Å². The molecule has 0 fully saturated rings. The van der Waals surface area contributed by atoms with Gasteiger partial charge in [-0.3, -0.25) is 15.0 Å². The van der Waals surface area contributed by atoms with E-state index in [9.17, 15) is 4.79 Å². The highest BCUT2D eigenvalue weighted by Gasteiger charge is 2.21. The van der Waals surface area contributed by atoms with E-state index in [4.69, 9.17) is 0 Å². The van der Waals surface area contributed by atoms with Gasteiger partial charge >= 0.3 is 0 Å². The molecule has 1 aliphatic rings. The second-order valence-corrected chi connectivity index (χ2v) is 7.87. The Balaban J connectivity index is 1.53. The lowest BCUT2D eigenvalue weighted by Gasteiger charge is -2.23. The van der Waals surface area contributed by atoms with Crippen molar-refractivity contribution in [3.05, 3.63) is 34.6 Å². The molecule has 0 saturated heterocycles. The van der Waals surface area contributed by atoms with Crippen LogP contribution in [0.15, 0.2) is 18.5 Å². The maximum absolute atomic E-state index is 12.6. The minimum Gasteiger partial charge on any atom is -0.298 e. The Kier molecular flexibility index (Phi) is 4.46. The van der Waals surface area contributed by atoms with Crippen LogP contribution in [0.4, 0.5) is 5.13 Å². The molecule has 0 bridgehead atoms. The molecule has 7 nitrogen and oxygen atoms in total. The van der Waals surface area contributed by atoms with Crippen molar-refractivity contribution < 1.29 is 4.79 Å². The van der Waals surface area contributed by atoms with Crippen LogP contribution in [0, 0.1) is 0 Å². The number of rotatable bonds is 4. The third kappa shape index (κ3) is 3.10. The highest BCUT2D eigenvalue weighted by atomic mass is 32.1. The van der Waals surface area contributed by atoms with E-state index in [1.54, 1.807) is 23.7 Å². The minimum atomic E-state index is -0.185. The molecule has 8 heteroatoms. The first-order valence-corrected chi connectivity index (χ1v) is 9.72. The highest BCUT2D eigenvalue weighted by molar-refractivity contribution is 7.15. The number of nitrogens with one attached hydrogen (secondary N) is 1. The zero-order chi connectivity index (χ0) is 18.3. The monoisotopic (exact) mass is 370 g/mol. The summed E-state index contributed by atoms with van der Waals surface area (Å²) in [6.07, 6.45) is 4.29. The van der Waals surface area contributed by atoms with E-state index in [-0.39, 0.29) is 11.9 Å². The Labute approximate surface area is 156 Å². The maximum atomic E-state index is 12.6. The number of amides is 1. The van der Waals surface area contributed by atoms with Crippen molar-refractivity contribution in [2.24, 2.45) is 0 Å². The molecule has 0 spiro atoms. The van der Waals surface area contributed by atoms with Gasteiger partial charge in [-0.05, 0) is 26.5 Å². The fraction of sp³-hybridized carbons (Fsp3) is 0.444. The number of anilines is 1. The lowest BCUT2D eigenvalue weighted by molar-refractivity contribution is 0.102. The van der Waals surface area contributed by atoms with E-state index in [2.05, 4.69) is 46.1 Å². The van der Waals surface area contributed by atoms with Gasteiger partial charge in [0.25, 0.3) is 5.91 Å². The summed E-state index contributed by atoms with van der Waals surface area (Å²) in [5, 5.41) is 8.80. The van der Waals surface area contributed by atoms with Gasteiger partial charge in [0.2, 0.25) is 0 Å². The number of carbonyl (C=O) groups excluding carboxylic acids is 1. The molecule has 1 N–H and O–H groups in total. The van der Waals surface area contributed by atoms with E-state index in [0.717, 1.165) is 42.8 Å². The van der Waals surface area contributed by atoms with Crippen LogP contribution in [0.3, 0.4) is 0 Å². The number of carbonyl (C=O) groups is 1. The summed E-state index contributed by atoms with van der Waals surface area (Å²) in [5.41, 5.74) is 2.42. The SMILES string of the molecule is CCN1CCc2nc(NC(=O)c3cnc4c(cnn4C(C)C)c3)sc2C1. The highest BCUT2D eigenvalue weighted by Crippen LogP contribution is 2.28. The molecular formula is C18H22N6OS. The second kappa shape index (κ2) is 6.77. The van der Waals surface area contributed by atoms with Crippen molar-refractivity contribution in [3.8, 4) is 0 Å². The van der Waals surface area contributed by atoms with Crippen LogP contribution in [0.25, 0.3) is 11.0 Å². The van der Waals surface area contributed by atoms with Gasteiger partial charge in [0.1, 0.15) is 0 Å². The van der Waals surface area contributed by atoms with Crippen molar-refractivity contribution in [1.82, 2.24) is 24.6 Å². The van der Waals surface area contributed by atoms with E-state index in [1.807, 2.05) is 10.7 Å². The second-order valence-electron chi connectivity index (χ2n) is 6.78. The lowest BCUT2D eigenvalue weighted by Crippen LogP contribution is -2.29. The molecule has 0 saturated carbocycles. The number of aromatic nitrogens is 4. The number of fused-ring (bicyclic) bond motifs is 2. The summed E-state index contributed by atoms with van der Waals surface area (Å²) in [7, 11) is 0. The normalized spacial score (nSPS) is 14.8. The largest absolute Gasteiger partial charge is 0.298 e. The molecule has 3 aromatic rings. The first kappa shape index (κ1) is 17.1. The fourth-order valence-corrected chi connectivity index (χ4v) is 4.23. The quantitative estimate of drug-likeness (QED) is 0.764. The van der Waals surface area contributed by atoms with Gasteiger partial charge in [-0.15, -0.1) is 11.3 Å². The van der Waals surface area contributed by atoms with Crippen LogP contribution in [0.5, 0.6) is 0 Å². The summed E-state index contributed by atoms with van der Waals surface area (Å²) < 4.78 is 1.85. The first-order valence-electron chi connectivity index (χ1n) is 8.90. The number of hydrogen-bond acceptors (Lipinski definition) is 6. The van der Waals surface area contributed by atoms with Crippen LogP contribution >= 0.6 is 11.3 Å². The van der Waals surface area contributed by atoms with Crippen molar-refractivity contribution >= 4 is 33.4 Å². The average molecular weight is 370 g/mol. The molecule has 4 heterocycles. The van der Waals surface area contributed by atoms with Crippen LogP contribution in [-0.2, 0) is 13.0 Å². The predicted octanol–water partition coefficient (Wildman–Crippen LogP) is 3.10. The summed E-state index contributed by atoms with van der Waals surface area (Å²) in [5.74, 6) is -0.185. The Hall–Kier alpha value is -2.32. The lowest BCUT2D eigenvalue weighted by atomic mass is 10.2. The Bertz CT molecular complexity index is 960. The minimum absolute atomic E-state index is 0.185. The molecule has 0 aromatic carbocycles. The fourth-order valence-electron chi connectivity index (χ4n) is 3.18. The third-order valence-electron chi connectivity index (χ3n) is 4.66. The topological polar surface area (TPSA) is 75.9 Å². The van der Waals surface area contributed by atoms with Crippen LogP contribution in [0.1, 0.15) is 47.7 Å². The van der Waals surface area contributed by atoms with Crippen molar-refractivity contribution in [1.29, 1.82) is 0 Å². The standard InChI is InChI=1S/C18H22N6OS/c1-4-23-6-5-14-15(10-23)26-18(21-14)22-17(25)13-7-12-9-20-24(11(2)3)16(12)19-8-13/h7-9,11H,4-6,10H2,1-3H3,(H,21,22,25). The van der Waals surface area contributed by atoms with Crippen LogP contribution < -0.4 is 5.32 Å². The van der Waals surface area contributed by atoms with Gasteiger partial charge in [-0.25, -0.2) is 14.6 Å². The van der Waals surface area contributed by atoms with E-state index >= 15 is 0 Å². The molecule has 0 unspecified atom stereocenters. The smallest absolute Gasteiger partial charge is 0.259 e. The van der Waals surface area contributed by atoms with Crippen LogP contribution in [0.2, 0.25) is 0 Å². The predicted molar refractivity (Wildman–Crippen MR) is 103 cm³/mol. The van der Waals surface area contributed by atoms with Gasteiger partial charge in [-0.1, -0.05) is 6.92 Å². The van der Waals surface area contributed by atoms with Crippen molar-refractivity contribution in [2.45, 2.75) is 39.8 Å². The van der Waals surface area contributed by atoms with Gasteiger partial charge in [0.05, 0.1) is 17.5 Å². The summed E-state index contributed by atoms with van der Waals surface area (Å²) in [6.45, 7) is 9.26. The van der Waals surface area contributed by atoms with Gasteiger partial charge in [0.15, 0.2) is 10.8 Å². The molecule has 0 atom stereocenters. The Morgan fingerprint density at radius 2 is 2.23 bits per heavy atom. The molecule has 0 radical (unpaired) electrons. The van der Waals surface area contributed by atoms with E-state index < -0.39 is 0 Å². The molecular weight excluding hydrogens is 348 g/mol. The molecule has 4 rings (SSSR count). The van der Waals surface area contributed by atoms with E-state index in [1.165, 1.54) is 4.88 Å². The number of thiazole rings is 1. The molecule has 1 aliphatic heterocycles. The Morgan fingerprint density at radius 3 is 3.00 bits per heavy atom. The average Bonchev–Trinajstić information content (AvgIpc) is 3.23. The molecule has 0 aliphatic carbocycles. The molecule has 26 heavy (non-hydrogen) atoms. The number of hydrogen-bond donors (Lipinski definition) is 1. The van der Waals surface area contributed by atoms with Crippen LogP contribution in [-0.4, -0.2) is 43.6 Å². The zero-order valence-corrected chi connectivity index (χ0v) is 16.0. The van der Waals surface area contributed by atoms with E-state index in [0.29, 0.717) is 10.7 Å². The number of pyridine rings is 1. The third-order valence-corrected chi connectivity index (χ3v) is 5.66.